The molecule has 1 aromatic rings. The maximum atomic E-state index is 12.6. The summed E-state index contributed by atoms with van der Waals surface area (Å²) in [4.78, 5) is 12.9. The van der Waals surface area contributed by atoms with Gasteiger partial charge in [0.05, 0.1) is 5.56 Å². The number of hydrogen-bond donors (Lipinski definition) is 1. The van der Waals surface area contributed by atoms with E-state index in [1.54, 1.807) is 11.0 Å². The summed E-state index contributed by atoms with van der Waals surface area (Å²) in [6.45, 7) is 0.841. The molecule has 2 rings (SSSR count). The Kier molecular flexibility index (Phi) is 4.32. The molecule has 0 aromatic heterocycles. The molecule has 0 bridgehead atoms. The number of carbonyl (C=O) groups is 1. The minimum atomic E-state index is -4.37. The van der Waals surface area contributed by atoms with Crippen LogP contribution in [0.3, 0.4) is 0 Å². The summed E-state index contributed by atoms with van der Waals surface area (Å²) in [5.74, 6) is -0.906. The highest BCUT2D eigenvalue weighted by Crippen LogP contribution is 2.30. The van der Waals surface area contributed by atoms with Crippen molar-refractivity contribution in [3.8, 4) is 0 Å². The van der Waals surface area contributed by atoms with Crippen LogP contribution in [0.25, 0.3) is 0 Å². The zero-order chi connectivity index (χ0) is 14.8. The molecule has 110 valence electrons. The zero-order valence-corrected chi connectivity index (χ0v) is 10.9. The van der Waals surface area contributed by atoms with Gasteiger partial charge >= 0.3 is 12.1 Å². The summed E-state index contributed by atoms with van der Waals surface area (Å²) in [5.41, 5.74) is -0.202. The Bertz CT molecular complexity index is 488. The standard InChI is InChI=1S/C14H16F3NO2/c15-14(16,17)11-5-3-4-10(8-11)9-18-7-2-1-6-12(18)13(19)20/h3-5,8,12H,1-2,6-7,9H2,(H,19,20). The largest absolute Gasteiger partial charge is 0.480 e. The molecule has 1 saturated heterocycles. The lowest BCUT2D eigenvalue weighted by Crippen LogP contribution is -2.44. The summed E-state index contributed by atoms with van der Waals surface area (Å²) in [6.07, 6.45) is -2.10. The number of carboxylic acid groups (broad SMARTS) is 1. The second kappa shape index (κ2) is 5.83. The molecular formula is C14H16F3NO2. The monoisotopic (exact) mass is 287 g/mol. The van der Waals surface area contributed by atoms with Gasteiger partial charge in [0.15, 0.2) is 0 Å². The molecule has 20 heavy (non-hydrogen) atoms. The van der Waals surface area contributed by atoms with E-state index in [0.717, 1.165) is 25.0 Å². The molecule has 0 amide bonds. The summed E-state index contributed by atoms with van der Waals surface area (Å²) in [7, 11) is 0. The van der Waals surface area contributed by atoms with Crippen LogP contribution in [0.1, 0.15) is 30.4 Å². The Labute approximate surface area is 115 Å². The normalized spacial score (nSPS) is 20.9. The lowest BCUT2D eigenvalue weighted by Gasteiger charge is -2.32. The highest BCUT2D eigenvalue weighted by Gasteiger charge is 2.31. The summed E-state index contributed by atoms with van der Waals surface area (Å²) in [5, 5.41) is 9.15. The highest BCUT2D eigenvalue weighted by molar-refractivity contribution is 5.73. The number of benzene rings is 1. The molecule has 6 heteroatoms. The predicted molar refractivity (Wildman–Crippen MR) is 67.1 cm³/mol. The van der Waals surface area contributed by atoms with Gasteiger partial charge in [0.1, 0.15) is 6.04 Å². The van der Waals surface area contributed by atoms with Gasteiger partial charge in [-0.25, -0.2) is 0 Å². The van der Waals surface area contributed by atoms with Crippen LogP contribution in [0.4, 0.5) is 13.2 Å². The van der Waals surface area contributed by atoms with Gasteiger partial charge < -0.3 is 5.11 Å². The van der Waals surface area contributed by atoms with E-state index in [1.165, 1.54) is 6.07 Å². The molecule has 1 N–H and O–H groups in total. The van der Waals surface area contributed by atoms with E-state index in [2.05, 4.69) is 0 Å². The lowest BCUT2D eigenvalue weighted by atomic mass is 10.0. The molecule has 1 fully saturated rings. The van der Waals surface area contributed by atoms with Crippen LogP contribution in [0.5, 0.6) is 0 Å². The SMILES string of the molecule is O=C(O)C1CCCCN1Cc1cccc(C(F)(F)F)c1. The first-order valence-corrected chi connectivity index (χ1v) is 6.51. The van der Waals surface area contributed by atoms with Crippen molar-refractivity contribution in [1.29, 1.82) is 0 Å². The minimum absolute atomic E-state index is 0.237. The van der Waals surface area contributed by atoms with E-state index in [0.29, 0.717) is 18.5 Å². The van der Waals surface area contributed by atoms with E-state index in [1.807, 2.05) is 0 Å². The van der Waals surface area contributed by atoms with Crippen molar-refractivity contribution in [3.05, 3.63) is 35.4 Å². The average molecular weight is 287 g/mol. The summed E-state index contributed by atoms with van der Waals surface area (Å²) < 4.78 is 37.9. The van der Waals surface area contributed by atoms with Gasteiger partial charge in [-0.1, -0.05) is 24.6 Å². The van der Waals surface area contributed by atoms with Gasteiger partial charge in [-0.05, 0) is 31.0 Å². The third-order valence-corrected chi connectivity index (χ3v) is 3.54. The van der Waals surface area contributed by atoms with Crippen LogP contribution < -0.4 is 0 Å². The average Bonchev–Trinajstić information content (AvgIpc) is 2.38. The maximum absolute atomic E-state index is 12.6. The van der Waals surface area contributed by atoms with Gasteiger partial charge in [-0.2, -0.15) is 13.2 Å². The van der Waals surface area contributed by atoms with Crippen LogP contribution in [-0.2, 0) is 17.5 Å². The topological polar surface area (TPSA) is 40.5 Å². The number of carboxylic acids is 1. The molecule has 0 saturated carbocycles. The fraction of sp³-hybridized carbons (Fsp3) is 0.500. The van der Waals surface area contributed by atoms with Crippen molar-refractivity contribution in [2.24, 2.45) is 0 Å². The van der Waals surface area contributed by atoms with Crippen LogP contribution in [-0.4, -0.2) is 28.6 Å². The number of rotatable bonds is 3. The quantitative estimate of drug-likeness (QED) is 0.928. The number of hydrogen-bond acceptors (Lipinski definition) is 2. The molecule has 1 unspecified atom stereocenters. The second-order valence-electron chi connectivity index (χ2n) is 5.02. The Morgan fingerprint density at radius 3 is 2.75 bits per heavy atom. The fourth-order valence-electron chi connectivity index (χ4n) is 2.54. The van der Waals surface area contributed by atoms with Gasteiger partial charge in [0.25, 0.3) is 0 Å². The molecule has 1 heterocycles. The van der Waals surface area contributed by atoms with Crippen LogP contribution in [0.2, 0.25) is 0 Å². The van der Waals surface area contributed by atoms with Crippen molar-refractivity contribution in [3.63, 3.8) is 0 Å². The minimum Gasteiger partial charge on any atom is -0.480 e. The number of nitrogens with zero attached hydrogens (tertiary/aromatic N) is 1. The van der Waals surface area contributed by atoms with Gasteiger partial charge in [-0.15, -0.1) is 0 Å². The molecule has 1 aliphatic heterocycles. The van der Waals surface area contributed by atoms with Crippen LogP contribution >= 0.6 is 0 Å². The third kappa shape index (κ3) is 3.50. The Balaban J connectivity index is 2.14. The van der Waals surface area contributed by atoms with Crippen LogP contribution in [0, 0.1) is 0 Å². The summed E-state index contributed by atoms with van der Waals surface area (Å²) >= 11 is 0. The summed E-state index contributed by atoms with van der Waals surface area (Å²) in [6, 6.07) is 4.47. The first-order valence-electron chi connectivity index (χ1n) is 6.51. The van der Waals surface area contributed by atoms with Gasteiger partial charge in [-0.3, -0.25) is 9.69 Å². The van der Waals surface area contributed by atoms with E-state index < -0.39 is 23.8 Å². The van der Waals surface area contributed by atoms with E-state index >= 15 is 0 Å². The number of piperidine rings is 1. The van der Waals surface area contributed by atoms with Gasteiger partial charge in [0, 0.05) is 6.54 Å². The first-order chi connectivity index (χ1) is 9.38. The molecule has 0 aliphatic carbocycles. The van der Waals surface area contributed by atoms with Crippen molar-refractivity contribution in [1.82, 2.24) is 4.90 Å². The molecule has 3 nitrogen and oxygen atoms in total. The van der Waals surface area contributed by atoms with Gasteiger partial charge in [0.2, 0.25) is 0 Å². The smallest absolute Gasteiger partial charge is 0.416 e. The molecular weight excluding hydrogens is 271 g/mol. The number of halogens is 3. The Hall–Kier alpha value is -1.56. The highest BCUT2D eigenvalue weighted by atomic mass is 19.4. The lowest BCUT2D eigenvalue weighted by molar-refractivity contribution is -0.145. The number of aliphatic carboxylic acids is 1. The van der Waals surface area contributed by atoms with Crippen molar-refractivity contribution >= 4 is 5.97 Å². The molecule has 1 aromatic carbocycles. The first kappa shape index (κ1) is 14.8. The van der Waals surface area contributed by atoms with E-state index in [9.17, 15) is 18.0 Å². The van der Waals surface area contributed by atoms with Crippen molar-refractivity contribution in [2.45, 2.75) is 38.0 Å². The number of likely N-dealkylation sites (tertiary alicyclic amines) is 1. The van der Waals surface area contributed by atoms with Crippen molar-refractivity contribution < 1.29 is 23.1 Å². The van der Waals surface area contributed by atoms with Crippen molar-refractivity contribution in [2.75, 3.05) is 6.54 Å². The van der Waals surface area contributed by atoms with E-state index in [4.69, 9.17) is 5.11 Å². The zero-order valence-electron chi connectivity index (χ0n) is 10.9. The molecule has 0 spiro atoms. The van der Waals surface area contributed by atoms with E-state index in [-0.39, 0.29) is 6.54 Å². The molecule has 1 aliphatic rings. The number of alkyl halides is 3. The second-order valence-corrected chi connectivity index (χ2v) is 5.02. The molecule has 1 atom stereocenters. The van der Waals surface area contributed by atoms with Crippen LogP contribution in [0.15, 0.2) is 24.3 Å². The maximum Gasteiger partial charge on any atom is 0.416 e. The molecule has 0 radical (unpaired) electrons. The predicted octanol–water partition coefficient (Wildman–Crippen LogP) is 3.14. The third-order valence-electron chi connectivity index (χ3n) is 3.54. The fourth-order valence-corrected chi connectivity index (χ4v) is 2.54. The Morgan fingerprint density at radius 2 is 2.10 bits per heavy atom. The Morgan fingerprint density at radius 1 is 1.35 bits per heavy atom.